The quantitative estimate of drug-likeness (QED) is 0.214. The summed E-state index contributed by atoms with van der Waals surface area (Å²) in [7, 11) is 0. The van der Waals surface area contributed by atoms with Crippen LogP contribution in [0.4, 0.5) is 5.69 Å². The van der Waals surface area contributed by atoms with E-state index < -0.39 is 12.2 Å². The van der Waals surface area contributed by atoms with Crippen molar-refractivity contribution < 1.29 is 38.7 Å². The molecule has 3 unspecified atom stereocenters. The van der Waals surface area contributed by atoms with Crippen LogP contribution in [-0.4, -0.2) is 72.5 Å². The number of aromatic hydroxyl groups is 1. The van der Waals surface area contributed by atoms with Crippen molar-refractivity contribution in [2.75, 3.05) is 45.0 Å². The van der Waals surface area contributed by atoms with Gasteiger partial charge in [-0.1, -0.05) is 30.3 Å². The second-order valence-electron chi connectivity index (χ2n) is 9.36. The normalized spacial score (nSPS) is 18.8. The lowest BCUT2D eigenvalue weighted by molar-refractivity contribution is -0.166. The molecule has 2 heterocycles. The van der Waals surface area contributed by atoms with Gasteiger partial charge in [0.2, 0.25) is 12.2 Å². The first kappa shape index (κ1) is 29.3. The summed E-state index contributed by atoms with van der Waals surface area (Å²) in [4.78, 5) is 25.8. The molecule has 1 amide bonds. The number of fused-ring (bicyclic) bond motifs is 1. The molecule has 10 heteroatoms. The number of carbonyl (C=O) groups excluding carboxylic acids is 2. The monoisotopic (exact) mass is 552 g/mol. The van der Waals surface area contributed by atoms with Crippen LogP contribution in [0.5, 0.6) is 5.75 Å². The topological polar surface area (TPSA) is 128 Å². The minimum atomic E-state index is -0.765. The van der Waals surface area contributed by atoms with Crippen LogP contribution in [0.3, 0.4) is 0 Å². The van der Waals surface area contributed by atoms with Crippen LogP contribution in [0.15, 0.2) is 66.6 Å². The Morgan fingerprint density at radius 3 is 2.48 bits per heavy atom. The van der Waals surface area contributed by atoms with E-state index >= 15 is 0 Å². The summed E-state index contributed by atoms with van der Waals surface area (Å²) in [6.45, 7) is 5.04. The summed E-state index contributed by atoms with van der Waals surface area (Å²) < 4.78 is 24.8. The molecule has 3 aromatic rings. The third-order valence-corrected chi connectivity index (χ3v) is 6.74. The fourth-order valence-corrected chi connectivity index (χ4v) is 4.90. The van der Waals surface area contributed by atoms with Gasteiger partial charge in [-0.25, -0.2) is 0 Å². The second-order valence-corrected chi connectivity index (χ2v) is 9.36. The summed E-state index contributed by atoms with van der Waals surface area (Å²) in [5, 5.41) is 22.6. The zero-order valence-electron chi connectivity index (χ0n) is 22.7. The lowest BCUT2D eigenvalue weighted by Crippen LogP contribution is -2.38. The van der Waals surface area contributed by atoms with Crippen molar-refractivity contribution in [3.8, 4) is 5.75 Å². The molecule has 40 heavy (non-hydrogen) atoms. The van der Waals surface area contributed by atoms with Gasteiger partial charge in [0, 0.05) is 43.6 Å². The van der Waals surface area contributed by atoms with Crippen LogP contribution in [0.1, 0.15) is 36.5 Å². The highest BCUT2D eigenvalue weighted by Gasteiger charge is 2.39. The fourth-order valence-electron chi connectivity index (χ4n) is 4.90. The zero-order chi connectivity index (χ0) is 28.5. The van der Waals surface area contributed by atoms with Crippen molar-refractivity contribution >= 4 is 28.4 Å². The number of anilines is 1. The summed E-state index contributed by atoms with van der Waals surface area (Å²) in [5.41, 5.74) is 1.89. The lowest BCUT2D eigenvalue weighted by Gasteiger charge is -2.36. The van der Waals surface area contributed by atoms with Crippen LogP contribution in [0.25, 0.3) is 10.9 Å². The largest absolute Gasteiger partial charge is 0.506 e. The van der Waals surface area contributed by atoms with Crippen LogP contribution < -0.4 is 5.32 Å². The maximum Gasteiger partial charge on any atom is 0.290 e. The molecule has 10 nitrogen and oxygen atoms in total. The third kappa shape index (κ3) is 6.89. The van der Waals surface area contributed by atoms with E-state index in [4.69, 9.17) is 24.1 Å². The predicted octanol–water partition coefficient (Wildman–Crippen LogP) is 4.04. The average molecular weight is 553 g/mol. The lowest BCUT2D eigenvalue weighted by atomic mass is 9.81. The van der Waals surface area contributed by atoms with E-state index in [1.807, 2.05) is 37.4 Å². The number of amides is 1. The predicted molar refractivity (Wildman–Crippen MR) is 149 cm³/mol. The van der Waals surface area contributed by atoms with Gasteiger partial charge in [0.25, 0.3) is 5.91 Å². The molecular formula is C30H36N2O8. The number of allylic oxidation sites excluding steroid dienone is 1. The number of nitrogens with zero attached hydrogens (tertiary/aromatic N) is 1. The van der Waals surface area contributed by atoms with Gasteiger partial charge in [-0.15, -0.1) is 0 Å². The number of ether oxygens (including phenoxy) is 4. The highest BCUT2D eigenvalue weighted by molar-refractivity contribution is 6.03. The van der Waals surface area contributed by atoms with Gasteiger partial charge < -0.3 is 34.5 Å². The Morgan fingerprint density at radius 1 is 1.02 bits per heavy atom. The van der Waals surface area contributed by atoms with Crippen molar-refractivity contribution in [2.24, 2.45) is 5.92 Å². The van der Waals surface area contributed by atoms with Gasteiger partial charge in [0.05, 0.1) is 37.6 Å². The van der Waals surface area contributed by atoms with Gasteiger partial charge in [-0.3, -0.25) is 14.2 Å². The highest BCUT2D eigenvalue weighted by Crippen LogP contribution is 2.42. The maximum absolute atomic E-state index is 13.3. The molecule has 0 fully saturated rings. The first-order chi connectivity index (χ1) is 19.4. The first-order valence-electron chi connectivity index (χ1n) is 13.4. The minimum Gasteiger partial charge on any atom is -0.506 e. The number of aliphatic hydroxyl groups excluding tert-OH is 1. The molecule has 214 valence electrons. The van der Waals surface area contributed by atoms with Crippen molar-refractivity contribution in [1.29, 1.82) is 0 Å². The van der Waals surface area contributed by atoms with E-state index in [2.05, 4.69) is 5.32 Å². The third-order valence-electron chi connectivity index (χ3n) is 6.74. The minimum absolute atomic E-state index is 0.0445. The molecule has 2 aromatic carbocycles. The molecule has 0 bridgehead atoms. The van der Waals surface area contributed by atoms with Gasteiger partial charge in [-0.05, 0) is 43.2 Å². The number of carbonyl (C=O) groups is 2. The highest BCUT2D eigenvalue weighted by atomic mass is 16.7. The molecule has 0 saturated carbocycles. The Hall–Kier alpha value is -3.70. The molecule has 1 aromatic heterocycles. The number of aromatic nitrogens is 1. The van der Waals surface area contributed by atoms with Crippen LogP contribution in [0, 0.1) is 5.92 Å². The van der Waals surface area contributed by atoms with Gasteiger partial charge in [-0.2, -0.15) is 0 Å². The van der Waals surface area contributed by atoms with E-state index in [1.165, 1.54) is 13.0 Å². The number of hydrogen-bond donors (Lipinski definition) is 3. The number of aliphatic hydroxyl groups is 1. The number of benzene rings is 2. The van der Waals surface area contributed by atoms with Crippen molar-refractivity contribution in [1.82, 2.24) is 4.57 Å². The zero-order valence-corrected chi connectivity index (χ0v) is 22.7. The maximum atomic E-state index is 13.3. The first-order valence-corrected chi connectivity index (χ1v) is 13.4. The second kappa shape index (κ2) is 14.1. The summed E-state index contributed by atoms with van der Waals surface area (Å²) >= 11 is 0. The smallest absolute Gasteiger partial charge is 0.290 e. The molecule has 3 N–H and O–H groups in total. The fraction of sp³-hybridized carbons (Fsp3) is 0.400. The molecule has 0 aliphatic carbocycles. The van der Waals surface area contributed by atoms with E-state index in [0.29, 0.717) is 32.8 Å². The summed E-state index contributed by atoms with van der Waals surface area (Å²) in [6.07, 6.45) is 3.35. The van der Waals surface area contributed by atoms with Crippen molar-refractivity contribution in [2.45, 2.75) is 32.5 Å². The number of nitrogens with one attached hydrogen (secondary N) is 1. The van der Waals surface area contributed by atoms with Crippen molar-refractivity contribution in [3.05, 3.63) is 72.1 Å². The summed E-state index contributed by atoms with van der Waals surface area (Å²) in [5.74, 6) is -1.25. The Bertz CT molecular complexity index is 1330. The molecule has 0 radical (unpaired) electrons. The van der Waals surface area contributed by atoms with Crippen LogP contribution in [-0.2, 0) is 23.7 Å². The summed E-state index contributed by atoms with van der Waals surface area (Å²) in [6, 6.07) is 14.1. The molecular weight excluding hydrogens is 516 g/mol. The van der Waals surface area contributed by atoms with Gasteiger partial charge >= 0.3 is 0 Å². The molecule has 0 spiro atoms. The number of phenolic OH excluding ortho intramolecular Hbond substituents is 1. The Balaban J connectivity index is 1.68. The Labute approximate surface area is 233 Å². The number of phenols is 1. The average Bonchev–Trinajstić information content (AvgIpc) is 3.34. The van der Waals surface area contributed by atoms with Crippen LogP contribution in [0.2, 0.25) is 0 Å². The molecule has 1 aliphatic heterocycles. The molecule has 1 aliphatic rings. The van der Waals surface area contributed by atoms with E-state index in [0.717, 1.165) is 16.5 Å². The molecule has 4 rings (SSSR count). The van der Waals surface area contributed by atoms with E-state index in [-0.39, 0.29) is 48.2 Å². The van der Waals surface area contributed by atoms with E-state index in [1.54, 1.807) is 28.8 Å². The number of hydrogen-bond acceptors (Lipinski definition) is 8. The van der Waals surface area contributed by atoms with Crippen molar-refractivity contribution in [3.63, 3.8) is 0 Å². The molecule has 0 saturated heterocycles. The van der Waals surface area contributed by atoms with E-state index in [9.17, 15) is 14.7 Å². The van der Waals surface area contributed by atoms with Gasteiger partial charge in [0.1, 0.15) is 5.75 Å². The Morgan fingerprint density at radius 2 is 1.75 bits per heavy atom. The number of rotatable bonds is 13. The molecule has 3 atom stereocenters. The van der Waals surface area contributed by atoms with Crippen LogP contribution >= 0.6 is 0 Å². The SMILES string of the molecule is CCOC1OC(C(=O)Nc2ccccc2O)=CC(c2cn(C(C)=O)c3ccccc23)C1CCOCCOCCO. The number of para-hydroxylation sites is 3. The Kier molecular flexibility index (Phi) is 10.3. The standard InChI is InChI=1S/C30H36N2O8/c1-3-39-30-22(12-14-37-16-17-38-15-13-33)23(24-19-32(20(2)34)26-10-6-4-8-21(24)26)18-28(40-30)29(36)31-25-9-5-7-11-27(25)35/h4-11,18-19,22-23,30,33,35H,3,12-17H2,1-2H3,(H,31,36). The van der Waals surface area contributed by atoms with Gasteiger partial charge in [0.15, 0.2) is 5.76 Å².